The minimum absolute atomic E-state index is 0.321. The summed E-state index contributed by atoms with van der Waals surface area (Å²) >= 11 is 3.02. The maximum atomic E-state index is 10.8. The number of carboxylic acids is 1. The summed E-state index contributed by atoms with van der Waals surface area (Å²) in [5.74, 6) is 1.56. The lowest BCUT2D eigenvalue weighted by Crippen LogP contribution is -2.18. The Balaban J connectivity index is 2.37. The summed E-state index contributed by atoms with van der Waals surface area (Å²) < 4.78 is 5.07. The number of hydrogen-bond acceptors (Lipinski definition) is 4. The van der Waals surface area contributed by atoms with Crippen LogP contribution in [0, 0.1) is 0 Å². The molecular formula is C12H16O3S2. The molecule has 3 nitrogen and oxygen atoms in total. The molecule has 1 rings (SSSR count). The fourth-order valence-electron chi connectivity index (χ4n) is 1.25. The van der Waals surface area contributed by atoms with E-state index >= 15 is 0 Å². The van der Waals surface area contributed by atoms with Gasteiger partial charge >= 0.3 is 5.97 Å². The van der Waals surface area contributed by atoms with Crippen molar-refractivity contribution < 1.29 is 14.6 Å². The van der Waals surface area contributed by atoms with Crippen LogP contribution in [-0.2, 0) is 10.5 Å². The average Bonchev–Trinajstić information content (AvgIpc) is 2.35. The van der Waals surface area contributed by atoms with E-state index < -0.39 is 5.97 Å². The Hall–Kier alpha value is -0.810. The summed E-state index contributed by atoms with van der Waals surface area (Å²) in [5, 5.41) is 8.57. The molecule has 0 bridgehead atoms. The van der Waals surface area contributed by atoms with Gasteiger partial charge < -0.3 is 9.84 Å². The largest absolute Gasteiger partial charge is 0.497 e. The first-order valence-corrected chi connectivity index (χ1v) is 7.58. The number of carbonyl (C=O) groups is 1. The van der Waals surface area contributed by atoms with Gasteiger partial charge in [-0.2, -0.15) is 11.8 Å². The molecule has 17 heavy (non-hydrogen) atoms. The summed E-state index contributed by atoms with van der Waals surface area (Å²) in [6.45, 7) is 0. The molecule has 1 N–H and O–H groups in total. The van der Waals surface area contributed by atoms with Crippen LogP contribution in [0.4, 0.5) is 0 Å². The lowest BCUT2D eigenvalue weighted by Gasteiger charge is -2.08. The number of hydrogen-bond donors (Lipinski definition) is 1. The zero-order valence-corrected chi connectivity index (χ0v) is 11.5. The van der Waals surface area contributed by atoms with E-state index in [2.05, 4.69) is 0 Å². The van der Waals surface area contributed by atoms with E-state index in [9.17, 15) is 4.79 Å². The second kappa shape index (κ2) is 7.50. The molecule has 0 aliphatic rings. The molecule has 0 radical (unpaired) electrons. The molecule has 0 aromatic heterocycles. The van der Waals surface area contributed by atoms with Gasteiger partial charge in [-0.1, -0.05) is 12.1 Å². The van der Waals surface area contributed by atoms with Gasteiger partial charge in [0.25, 0.3) is 0 Å². The number of methoxy groups -OCH3 is 1. The molecule has 0 heterocycles. The average molecular weight is 272 g/mol. The normalized spacial score (nSPS) is 12.1. The van der Waals surface area contributed by atoms with Gasteiger partial charge in [0, 0.05) is 11.5 Å². The Morgan fingerprint density at radius 1 is 1.41 bits per heavy atom. The van der Waals surface area contributed by atoms with Crippen molar-refractivity contribution >= 4 is 29.5 Å². The minimum atomic E-state index is -0.736. The van der Waals surface area contributed by atoms with Gasteiger partial charge in [-0.15, -0.1) is 11.8 Å². The molecule has 0 aliphatic carbocycles. The lowest BCUT2D eigenvalue weighted by molar-refractivity contribution is -0.135. The van der Waals surface area contributed by atoms with Crippen molar-refractivity contribution in [3.63, 3.8) is 0 Å². The highest BCUT2D eigenvalue weighted by molar-refractivity contribution is 8.03. The summed E-state index contributed by atoms with van der Waals surface area (Å²) in [5.41, 5.74) is 1.18. The van der Waals surface area contributed by atoms with E-state index in [4.69, 9.17) is 9.84 Å². The summed E-state index contributed by atoms with van der Waals surface area (Å²) in [6.07, 6.45) is 1.83. The standard InChI is InChI=1S/C12H16O3S2/c1-15-10-5-3-9(4-6-10)7-17-8-11(16-2)12(13)14/h3-6,11H,7-8H2,1-2H3,(H,13,14). The maximum absolute atomic E-state index is 10.8. The van der Waals surface area contributed by atoms with Gasteiger partial charge in [-0.3, -0.25) is 4.79 Å². The Labute approximate surface area is 110 Å². The van der Waals surface area contributed by atoms with Gasteiger partial charge in [-0.05, 0) is 24.0 Å². The van der Waals surface area contributed by atoms with Crippen LogP contribution in [0.5, 0.6) is 5.75 Å². The zero-order valence-electron chi connectivity index (χ0n) is 9.88. The van der Waals surface area contributed by atoms with E-state index in [1.807, 2.05) is 30.5 Å². The van der Waals surface area contributed by atoms with Gasteiger partial charge in [0.15, 0.2) is 0 Å². The fraction of sp³-hybridized carbons (Fsp3) is 0.417. The van der Waals surface area contributed by atoms with Crippen molar-refractivity contribution in [2.24, 2.45) is 0 Å². The topological polar surface area (TPSA) is 46.5 Å². The highest BCUT2D eigenvalue weighted by Gasteiger charge is 2.15. The molecule has 1 unspecified atom stereocenters. The van der Waals surface area contributed by atoms with Crippen molar-refractivity contribution in [1.29, 1.82) is 0 Å². The lowest BCUT2D eigenvalue weighted by atomic mass is 10.2. The number of benzene rings is 1. The third-order valence-corrected chi connectivity index (χ3v) is 4.51. The monoisotopic (exact) mass is 272 g/mol. The Morgan fingerprint density at radius 3 is 2.53 bits per heavy atom. The molecule has 1 atom stereocenters. The first-order chi connectivity index (χ1) is 8.17. The molecule has 0 amide bonds. The quantitative estimate of drug-likeness (QED) is 0.827. The molecule has 1 aromatic rings. The van der Waals surface area contributed by atoms with Crippen molar-refractivity contribution in [1.82, 2.24) is 0 Å². The molecule has 5 heteroatoms. The second-order valence-electron chi connectivity index (χ2n) is 3.43. The first kappa shape index (κ1) is 14.3. The highest BCUT2D eigenvalue weighted by Crippen LogP contribution is 2.20. The molecule has 0 saturated heterocycles. The molecule has 1 aromatic carbocycles. The Kier molecular flexibility index (Phi) is 6.29. The number of ether oxygens (including phenoxy) is 1. The van der Waals surface area contributed by atoms with Gasteiger partial charge in [-0.25, -0.2) is 0 Å². The number of aliphatic carboxylic acids is 1. The smallest absolute Gasteiger partial charge is 0.317 e. The van der Waals surface area contributed by atoms with Gasteiger partial charge in [0.2, 0.25) is 0 Å². The highest BCUT2D eigenvalue weighted by atomic mass is 32.2. The van der Waals surface area contributed by atoms with Crippen LogP contribution in [0.15, 0.2) is 24.3 Å². The van der Waals surface area contributed by atoms with E-state index in [0.717, 1.165) is 11.5 Å². The third kappa shape index (κ3) is 4.91. The van der Waals surface area contributed by atoms with Crippen molar-refractivity contribution in [2.45, 2.75) is 11.0 Å². The molecule has 0 spiro atoms. The number of rotatable bonds is 7. The number of thioether (sulfide) groups is 2. The van der Waals surface area contributed by atoms with E-state index in [0.29, 0.717) is 5.75 Å². The Morgan fingerprint density at radius 2 is 2.06 bits per heavy atom. The van der Waals surface area contributed by atoms with Crippen molar-refractivity contribution in [3.05, 3.63) is 29.8 Å². The van der Waals surface area contributed by atoms with Crippen LogP contribution in [0.2, 0.25) is 0 Å². The maximum Gasteiger partial charge on any atom is 0.317 e. The summed E-state index contributed by atoms with van der Waals surface area (Å²) in [6, 6.07) is 7.83. The van der Waals surface area contributed by atoms with Crippen LogP contribution in [0.3, 0.4) is 0 Å². The van der Waals surface area contributed by atoms with Crippen LogP contribution in [0.1, 0.15) is 5.56 Å². The fourth-order valence-corrected chi connectivity index (χ4v) is 3.18. The molecule has 0 fully saturated rings. The predicted octanol–water partition coefficient (Wildman–Crippen LogP) is 2.74. The SMILES string of the molecule is COc1ccc(CSCC(SC)C(=O)O)cc1. The van der Waals surface area contributed by atoms with Gasteiger partial charge in [0.05, 0.1) is 7.11 Å². The van der Waals surface area contributed by atoms with Crippen LogP contribution >= 0.6 is 23.5 Å². The molecule has 0 saturated carbocycles. The first-order valence-electron chi connectivity index (χ1n) is 5.13. The molecule has 94 valence electrons. The van der Waals surface area contributed by atoms with E-state index in [1.165, 1.54) is 17.3 Å². The second-order valence-corrected chi connectivity index (χ2v) is 5.50. The van der Waals surface area contributed by atoms with E-state index in [-0.39, 0.29) is 5.25 Å². The Bertz CT molecular complexity index is 351. The van der Waals surface area contributed by atoms with Crippen LogP contribution < -0.4 is 4.74 Å². The third-order valence-electron chi connectivity index (χ3n) is 2.26. The minimum Gasteiger partial charge on any atom is -0.497 e. The summed E-state index contributed by atoms with van der Waals surface area (Å²) in [4.78, 5) is 10.8. The molecule has 0 aliphatic heterocycles. The van der Waals surface area contributed by atoms with Gasteiger partial charge in [0.1, 0.15) is 11.0 Å². The zero-order chi connectivity index (χ0) is 12.7. The predicted molar refractivity (Wildman–Crippen MR) is 74.1 cm³/mol. The summed E-state index contributed by atoms with van der Waals surface area (Å²) in [7, 11) is 1.64. The molecular weight excluding hydrogens is 256 g/mol. The van der Waals surface area contributed by atoms with Crippen LogP contribution in [0.25, 0.3) is 0 Å². The van der Waals surface area contributed by atoms with E-state index in [1.54, 1.807) is 18.9 Å². The van der Waals surface area contributed by atoms with Crippen molar-refractivity contribution in [3.8, 4) is 5.75 Å². The van der Waals surface area contributed by atoms with Crippen molar-refractivity contribution in [2.75, 3.05) is 19.1 Å². The van der Waals surface area contributed by atoms with Crippen LogP contribution in [-0.4, -0.2) is 35.4 Å². The number of carboxylic acid groups (broad SMARTS) is 1.